The number of carbonyl (C=O) groups excluding carboxylic acids is 2. The van der Waals surface area contributed by atoms with Crippen molar-refractivity contribution < 1.29 is 23.5 Å². The van der Waals surface area contributed by atoms with Crippen LogP contribution in [-0.4, -0.2) is 54.0 Å². The van der Waals surface area contributed by atoms with E-state index in [0.717, 1.165) is 11.1 Å². The van der Waals surface area contributed by atoms with Crippen molar-refractivity contribution >= 4 is 23.6 Å². The number of fused-ring (bicyclic) bond motifs is 1. The number of halogens is 1. The van der Waals surface area contributed by atoms with Gasteiger partial charge in [0.05, 0.1) is 5.25 Å². The SMILES string of the molecule is CN(Cc1ccc2c(c1)OCCO2)C(=O)C1CSC(Cc2ccc(F)cc2)C(=O)N1. The van der Waals surface area contributed by atoms with Gasteiger partial charge >= 0.3 is 0 Å². The van der Waals surface area contributed by atoms with Gasteiger partial charge in [0.25, 0.3) is 0 Å². The predicted molar refractivity (Wildman–Crippen MR) is 112 cm³/mol. The van der Waals surface area contributed by atoms with Crippen molar-refractivity contribution in [2.75, 3.05) is 26.0 Å². The minimum absolute atomic E-state index is 0.133. The van der Waals surface area contributed by atoms with Crippen LogP contribution in [0.15, 0.2) is 42.5 Å². The Bertz CT molecular complexity index is 937. The highest BCUT2D eigenvalue weighted by molar-refractivity contribution is 8.00. The zero-order chi connectivity index (χ0) is 21.1. The third-order valence-corrected chi connectivity index (χ3v) is 6.42. The molecular weight excluding hydrogens is 407 g/mol. The Kier molecular flexibility index (Phi) is 6.13. The van der Waals surface area contributed by atoms with Crippen LogP contribution < -0.4 is 14.8 Å². The maximum absolute atomic E-state index is 13.1. The number of hydrogen-bond acceptors (Lipinski definition) is 5. The first-order valence-electron chi connectivity index (χ1n) is 9.79. The smallest absolute Gasteiger partial charge is 0.246 e. The van der Waals surface area contributed by atoms with Crippen molar-refractivity contribution in [3.63, 3.8) is 0 Å². The number of hydrogen-bond donors (Lipinski definition) is 1. The first kappa shape index (κ1) is 20.5. The molecule has 2 heterocycles. The summed E-state index contributed by atoms with van der Waals surface area (Å²) in [6.07, 6.45) is 0.505. The highest BCUT2D eigenvalue weighted by atomic mass is 32.2. The van der Waals surface area contributed by atoms with Crippen LogP contribution in [0.4, 0.5) is 4.39 Å². The first-order valence-corrected chi connectivity index (χ1v) is 10.8. The summed E-state index contributed by atoms with van der Waals surface area (Å²) < 4.78 is 24.2. The largest absolute Gasteiger partial charge is 0.486 e. The minimum Gasteiger partial charge on any atom is -0.486 e. The van der Waals surface area contributed by atoms with E-state index in [4.69, 9.17) is 9.47 Å². The molecule has 2 unspecified atom stereocenters. The van der Waals surface area contributed by atoms with E-state index in [1.54, 1.807) is 24.1 Å². The van der Waals surface area contributed by atoms with Gasteiger partial charge in [0.2, 0.25) is 11.8 Å². The molecule has 2 aliphatic heterocycles. The standard InChI is InChI=1S/C22H23FN2O4S/c1-25(12-15-4-7-18-19(10-15)29-9-8-28-18)22(27)17-13-30-20(21(26)24-17)11-14-2-5-16(23)6-3-14/h2-7,10,17,20H,8-9,11-13H2,1H3,(H,24,26). The van der Waals surface area contributed by atoms with Gasteiger partial charge in [-0.1, -0.05) is 18.2 Å². The van der Waals surface area contributed by atoms with Gasteiger partial charge in [-0.2, -0.15) is 0 Å². The number of carbonyl (C=O) groups is 2. The molecule has 2 amide bonds. The van der Waals surface area contributed by atoms with E-state index in [9.17, 15) is 14.0 Å². The van der Waals surface area contributed by atoms with E-state index in [0.29, 0.717) is 43.4 Å². The van der Waals surface area contributed by atoms with Gasteiger partial charge in [-0.05, 0) is 41.8 Å². The van der Waals surface area contributed by atoms with Crippen molar-refractivity contribution in [3.05, 3.63) is 59.4 Å². The molecule has 8 heteroatoms. The highest BCUT2D eigenvalue weighted by Crippen LogP contribution is 2.31. The molecule has 0 saturated carbocycles. The molecule has 2 aromatic carbocycles. The molecular formula is C22H23FN2O4S. The molecule has 0 aromatic heterocycles. The van der Waals surface area contributed by atoms with Gasteiger partial charge in [0, 0.05) is 19.3 Å². The van der Waals surface area contributed by atoms with Crippen molar-refractivity contribution in [3.8, 4) is 11.5 Å². The minimum atomic E-state index is -0.561. The van der Waals surface area contributed by atoms with Crippen molar-refractivity contribution in [2.45, 2.75) is 24.3 Å². The average molecular weight is 431 g/mol. The summed E-state index contributed by atoms with van der Waals surface area (Å²) in [5.74, 6) is 1.30. The molecule has 6 nitrogen and oxygen atoms in total. The van der Waals surface area contributed by atoms with Crippen molar-refractivity contribution in [1.82, 2.24) is 10.2 Å². The summed E-state index contributed by atoms with van der Waals surface area (Å²) in [6.45, 7) is 1.45. The zero-order valence-corrected chi connectivity index (χ0v) is 17.4. The molecule has 2 aliphatic rings. The van der Waals surface area contributed by atoms with Gasteiger partial charge in [0.15, 0.2) is 11.5 Å². The van der Waals surface area contributed by atoms with E-state index in [2.05, 4.69) is 5.32 Å². The second-order valence-electron chi connectivity index (χ2n) is 7.39. The molecule has 1 N–H and O–H groups in total. The summed E-state index contributed by atoms with van der Waals surface area (Å²) in [7, 11) is 1.72. The highest BCUT2D eigenvalue weighted by Gasteiger charge is 2.33. The Morgan fingerprint density at radius 2 is 1.83 bits per heavy atom. The van der Waals surface area contributed by atoms with E-state index in [1.165, 1.54) is 23.9 Å². The second-order valence-corrected chi connectivity index (χ2v) is 8.62. The van der Waals surface area contributed by atoms with Crippen LogP contribution in [0.3, 0.4) is 0 Å². The predicted octanol–water partition coefficient (Wildman–Crippen LogP) is 2.40. The Hall–Kier alpha value is -2.74. The van der Waals surface area contributed by atoms with Gasteiger partial charge in [-0.25, -0.2) is 4.39 Å². The molecule has 4 rings (SSSR count). The number of likely N-dealkylation sites (N-methyl/N-ethyl adjacent to an activating group) is 1. The van der Waals surface area contributed by atoms with Crippen LogP contribution in [0, 0.1) is 5.82 Å². The first-order chi connectivity index (χ1) is 14.5. The second kappa shape index (κ2) is 8.95. The number of ether oxygens (including phenoxy) is 2. The van der Waals surface area contributed by atoms with Crippen LogP contribution in [0.2, 0.25) is 0 Å². The summed E-state index contributed by atoms with van der Waals surface area (Å²) >= 11 is 1.46. The van der Waals surface area contributed by atoms with Crippen LogP contribution in [0.25, 0.3) is 0 Å². The van der Waals surface area contributed by atoms with E-state index >= 15 is 0 Å². The maximum Gasteiger partial charge on any atom is 0.246 e. The van der Waals surface area contributed by atoms with E-state index < -0.39 is 6.04 Å². The van der Waals surface area contributed by atoms with E-state index in [1.807, 2.05) is 18.2 Å². The molecule has 0 bridgehead atoms. The van der Waals surface area contributed by atoms with Gasteiger partial charge in [0.1, 0.15) is 25.1 Å². The molecule has 0 spiro atoms. The monoisotopic (exact) mass is 430 g/mol. The third-order valence-electron chi connectivity index (χ3n) is 5.11. The zero-order valence-electron chi connectivity index (χ0n) is 16.6. The Morgan fingerprint density at radius 1 is 1.13 bits per heavy atom. The van der Waals surface area contributed by atoms with Crippen LogP contribution in [-0.2, 0) is 22.6 Å². The molecule has 2 aromatic rings. The summed E-state index contributed by atoms with van der Waals surface area (Å²) in [4.78, 5) is 27.0. The lowest BCUT2D eigenvalue weighted by Crippen LogP contribution is -2.54. The number of nitrogens with one attached hydrogen (secondary N) is 1. The maximum atomic E-state index is 13.1. The molecule has 158 valence electrons. The van der Waals surface area contributed by atoms with Gasteiger partial charge in [-0.3, -0.25) is 9.59 Å². The lowest BCUT2D eigenvalue weighted by molar-refractivity contribution is -0.135. The number of benzene rings is 2. The molecule has 2 atom stereocenters. The van der Waals surface area contributed by atoms with Crippen LogP contribution in [0.5, 0.6) is 11.5 Å². The summed E-state index contributed by atoms with van der Waals surface area (Å²) in [5, 5.41) is 2.56. The lowest BCUT2D eigenvalue weighted by Gasteiger charge is -2.31. The van der Waals surface area contributed by atoms with E-state index in [-0.39, 0.29) is 22.9 Å². The third kappa shape index (κ3) is 4.70. The summed E-state index contributed by atoms with van der Waals surface area (Å²) in [6, 6.07) is 11.2. The molecule has 30 heavy (non-hydrogen) atoms. The lowest BCUT2D eigenvalue weighted by atomic mass is 10.1. The Balaban J connectivity index is 1.32. The fraction of sp³-hybridized carbons (Fsp3) is 0.364. The number of amides is 2. The normalized spacial score (nSPS) is 20.4. The number of nitrogens with zero attached hydrogens (tertiary/aromatic N) is 1. The Labute approximate surface area is 178 Å². The van der Waals surface area contributed by atoms with Crippen LogP contribution in [0.1, 0.15) is 11.1 Å². The Morgan fingerprint density at radius 3 is 2.57 bits per heavy atom. The van der Waals surface area contributed by atoms with Gasteiger partial charge < -0.3 is 19.7 Å². The number of thioether (sulfide) groups is 1. The molecule has 1 fully saturated rings. The fourth-order valence-corrected chi connectivity index (χ4v) is 4.70. The topological polar surface area (TPSA) is 67.9 Å². The van der Waals surface area contributed by atoms with Gasteiger partial charge in [-0.15, -0.1) is 11.8 Å². The fourth-order valence-electron chi connectivity index (χ4n) is 3.52. The quantitative estimate of drug-likeness (QED) is 0.789. The molecule has 1 saturated heterocycles. The summed E-state index contributed by atoms with van der Waals surface area (Å²) in [5.41, 5.74) is 1.82. The van der Waals surface area contributed by atoms with Crippen molar-refractivity contribution in [1.29, 1.82) is 0 Å². The number of rotatable bonds is 5. The molecule has 0 aliphatic carbocycles. The average Bonchev–Trinajstić information content (AvgIpc) is 2.76. The van der Waals surface area contributed by atoms with Crippen LogP contribution >= 0.6 is 11.8 Å². The molecule has 0 radical (unpaired) electrons. The van der Waals surface area contributed by atoms with Crippen molar-refractivity contribution in [2.24, 2.45) is 0 Å².